The molecule has 0 aliphatic carbocycles. The number of anilines is 1. The van der Waals surface area contributed by atoms with Gasteiger partial charge in [-0.3, -0.25) is 0 Å². The number of nitrogens with one attached hydrogen (secondary N) is 1. The topological polar surface area (TPSA) is 74.2 Å². The number of urea groups is 1. The molecule has 0 atom stereocenters. The van der Waals surface area contributed by atoms with Crippen molar-refractivity contribution >= 4 is 34.4 Å². The molecule has 2 aliphatic heterocycles. The number of ether oxygens (including phenoxy) is 1. The normalized spacial score (nSPS) is 17.3. The van der Waals surface area contributed by atoms with Gasteiger partial charge in [0, 0.05) is 37.9 Å². The van der Waals surface area contributed by atoms with Gasteiger partial charge in [0.15, 0.2) is 5.70 Å². The molecule has 0 aromatic heterocycles. The molecule has 166 valence electrons. The van der Waals surface area contributed by atoms with Crippen LogP contribution in [0.15, 0.2) is 83.6 Å². The standard InChI is InChI=1S/C25H21FN4O3/c26-20-10-3-4-11-21(20)28-25(32)30-14-12-29(13-15-30)16-22-24(31)33-23(27-22)19-9-5-7-17-6-1-2-8-18(17)19/h1-11,16H,12-15H2,(H,28,32). The number of carbonyl (C=O) groups is 2. The Morgan fingerprint density at radius 1 is 0.970 bits per heavy atom. The fourth-order valence-corrected chi connectivity index (χ4v) is 3.91. The molecule has 1 saturated heterocycles. The van der Waals surface area contributed by atoms with Crippen LogP contribution in [0.5, 0.6) is 0 Å². The largest absolute Gasteiger partial charge is 0.402 e. The third kappa shape index (κ3) is 4.27. The minimum absolute atomic E-state index is 0.149. The zero-order chi connectivity index (χ0) is 22.8. The van der Waals surface area contributed by atoms with Crippen molar-refractivity contribution in [2.45, 2.75) is 0 Å². The number of aliphatic imine (C=N–C) groups is 1. The third-order valence-corrected chi connectivity index (χ3v) is 5.66. The lowest BCUT2D eigenvalue weighted by Gasteiger charge is -2.34. The van der Waals surface area contributed by atoms with Gasteiger partial charge in [-0.05, 0) is 29.0 Å². The van der Waals surface area contributed by atoms with E-state index in [0.717, 1.165) is 16.3 Å². The Kier molecular flexibility index (Phi) is 5.48. The van der Waals surface area contributed by atoms with Crippen LogP contribution in [-0.4, -0.2) is 53.9 Å². The molecule has 1 N–H and O–H groups in total. The Labute approximate surface area is 189 Å². The molecule has 3 aromatic rings. The van der Waals surface area contributed by atoms with Crippen molar-refractivity contribution in [1.82, 2.24) is 9.80 Å². The van der Waals surface area contributed by atoms with Gasteiger partial charge in [-0.15, -0.1) is 0 Å². The van der Waals surface area contributed by atoms with Gasteiger partial charge in [-0.2, -0.15) is 0 Å². The molecular weight excluding hydrogens is 423 g/mol. The highest BCUT2D eigenvalue weighted by Crippen LogP contribution is 2.24. The number of piperazine rings is 1. The van der Waals surface area contributed by atoms with E-state index >= 15 is 0 Å². The molecule has 33 heavy (non-hydrogen) atoms. The van der Waals surface area contributed by atoms with Crippen molar-refractivity contribution in [2.75, 3.05) is 31.5 Å². The second kappa shape index (κ2) is 8.74. The van der Waals surface area contributed by atoms with Gasteiger partial charge in [0.2, 0.25) is 5.90 Å². The predicted molar refractivity (Wildman–Crippen MR) is 123 cm³/mol. The highest BCUT2D eigenvalue weighted by Gasteiger charge is 2.27. The number of para-hydroxylation sites is 1. The van der Waals surface area contributed by atoms with Gasteiger partial charge in [-0.25, -0.2) is 19.0 Å². The molecular formula is C25H21FN4O3. The van der Waals surface area contributed by atoms with Gasteiger partial charge in [0.1, 0.15) is 5.82 Å². The van der Waals surface area contributed by atoms with Crippen molar-refractivity contribution in [2.24, 2.45) is 4.99 Å². The van der Waals surface area contributed by atoms with E-state index < -0.39 is 11.8 Å². The highest BCUT2D eigenvalue weighted by molar-refractivity contribution is 6.16. The summed E-state index contributed by atoms with van der Waals surface area (Å²) in [5.74, 6) is -0.697. The zero-order valence-corrected chi connectivity index (χ0v) is 17.7. The van der Waals surface area contributed by atoms with Crippen LogP contribution in [0.2, 0.25) is 0 Å². The monoisotopic (exact) mass is 444 g/mol. The highest BCUT2D eigenvalue weighted by atomic mass is 19.1. The van der Waals surface area contributed by atoms with E-state index in [1.807, 2.05) is 47.4 Å². The quantitative estimate of drug-likeness (QED) is 0.490. The number of esters is 1. The maximum Gasteiger partial charge on any atom is 0.365 e. The SMILES string of the molecule is O=C1OC(c2cccc3ccccc23)=NC1=CN1CCN(C(=O)Nc2ccccc2F)CC1. The van der Waals surface area contributed by atoms with E-state index in [4.69, 9.17) is 4.74 Å². The van der Waals surface area contributed by atoms with Crippen molar-refractivity contribution in [3.63, 3.8) is 0 Å². The third-order valence-electron chi connectivity index (χ3n) is 5.66. The van der Waals surface area contributed by atoms with Crippen LogP contribution in [0.4, 0.5) is 14.9 Å². The van der Waals surface area contributed by atoms with E-state index in [-0.39, 0.29) is 23.3 Å². The summed E-state index contributed by atoms with van der Waals surface area (Å²) in [7, 11) is 0. The summed E-state index contributed by atoms with van der Waals surface area (Å²) in [5.41, 5.74) is 1.14. The fourth-order valence-electron chi connectivity index (χ4n) is 3.91. The Bertz CT molecular complexity index is 1290. The minimum Gasteiger partial charge on any atom is -0.402 e. The Morgan fingerprint density at radius 3 is 2.52 bits per heavy atom. The first kappa shape index (κ1) is 20.7. The van der Waals surface area contributed by atoms with Crippen molar-refractivity contribution in [3.8, 4) is 0 Å². The van der Waals surface area contributed by atoms with Crippen LogP contribution in [0, 0.1) is 5.82 Å². The van der Waals surface area contributed by atoms with E-state index in [1.165, 1.54) is 12.1 Å². The van der Waals surface area contributed by atoms with Crippen molar-refractivity contribution in [1.29, 1.82) is 0 Å². The lowest BCUT2D eigenvalue weighted by molar-refractivity contribution is -0.130. The molecule has 0 bridgehead atoms. The Balaban J connectivity index is 1.26. The Hall–Kier alpha value is -4.20. The average Bonchev–Trinajstić information content (AvgIpc) is 3.20. The first-order valence-electron chi connectivity index (χ1n) is 10.6. The lowest BCUT2D eigenvalue weighted by Crippen LogP contribution is -2.48. The average molecular weight is 444 g/mol. The number of amides is 2. The zero-order valence-electron chi connectivity index (χ0n) is 17.7. The number of nitrogens with zero attached hydrogens (tertiary/aromatic N) is 3. The number of hydrogen-bond donors (Lipinski definition) is 1. The number of hydrogen-bond acceptors (Lipinski definition) is 5. The van der Waals surface area contributed by atoms with Gasteiger partial charge >= 0.3 is 12.0 Å². The Morgan fingerprint density at radius 2 is 1.70 bits per heavy atom. The van der Waals surface area contributed by atoms with E-state index in [9.17, 15) is 14.0 Å². The number of benzene rings is 3. The van der Waals surface area contributed by atoms with Gasteiger partial charge in [0.25, 0.3) is 0 Å². The molecule has 2 amide bonds. The molecule has 1 fully saturated rings. The van der Waals surface area contributed by atoms with Gasteiger partial charge in [-0.1, -0.05) is 48.5 Å². The van der Waals surface area contributed by atoms with Crippen LogP contribution < -0.4 is 5.32 Å². The molecule has 0 radical (unpaired) electrons. The first-order valence-corrected chi connectivity index (χ1v) is 10.6. The molecule has 2 heterocycles. The summed E-state index contributed by atoms with van der Waals surface area (Å²) in [4.78, 5) is 32.9. The van der Waals surface area contributed by atoms with Crippen LogP contribution in [0.1, 0.15) is 5.56 Å². The molecule has 0 unspecified atom stereocenters. The summed E-state index contributed by atoms with van der Waals surface area (Å²) in [6.45, 7) is 1.89. The summed E-state index contributed by atoms with van der Waals surface area (Å²) in [6, 6.07) is 19.3. The molecule has 5 rings (SSSR count). The van der Waals surface area contributed by atoms with Crippen molar-refractivity contribution < 1.29 is 18.7 Å². The molecule has 7 nitrogen and oxygen atoms in total. The maximum atomic E-state index is 13.8. The number of halogens is 1. The smallest absolute Gasteiger partial charge is 0.365 e. The van der Waals surface area contributed by atoms with E-state index in [1.54, 1.807) is 23.2 Å². The number of fused-ring (bicyclic) bond motifs is 1. The summed E-state index contributed by atoms with van der Waals surface area (Å²) in [6.07, 6.45) is 1.67. The molecule has 2 aliphatic rings. The van der Waals surface area contributed by atoms with Crippen LogP contribution in [0.25, 0.3) is 10.8 Å². The molecule has 8 heteroatoms. The molecule has 0 saturated carbocycles. The number of cyclic esters (lactones) is 1. The van der Waals surface area contributed by atoms with E-state index in [2.05, 4.69) is 10.3 Å². The lowest BCUT2D eigenvalue weighted by atomic mass is 10.0. The van der Waals surface area contributed by atoms with Crippen LogP contribution in [0.3, 0.4) is 0 Å². The summed E-state index contributed by atoms with van der Waals surface area (Å²) in [5, 5.41) is 4.59. The van der Waals surface area contributed by atoms with Gasteiger partial charge < -0.3 is 19.9 Å². The number of carbonyl (C=O) groups excluding carboxylic acids is 2. The van der Waals surface area contributed by atoms with Gasteiger partial charge in [0.05, 0.1) is 5.69 Å². The van der Waals surface area contributed by atoms with E-state index in [0.29, 0.717) is 26.2 Å². The maximum absolute atomic E-state index is 13.8. The first-order chi connectivity index (χ1) is 16.1. The fraction of sp³-hybridized carbons (Fsp3) is 0.160. The number of rotatable bonds is 3. The molecule has 0 spiro atoms. The predicted octanol–water partition coefficient (Wildman–Crippen LogP) is 3.97. The van der Waals surface area contributed by atoms with Crippen molar-refractivity contribution in [3.05, 3.63) is 90.0 Å². The molecule has 3 aromatic carbocycles. The van der Waals surface area contributed by atoms with Crippen LogP contribution >= 0.6 is 0 Å². The van der Waals surface area contributed by atoms with Crippen LogP contribution in [-0.2, 0) is 9.53 Å². The summed E-state index contributed by atoms with van der Waals surface area (Å²) < 4.78 is 19.2. The second-order valence-corrected chi connectivity index (χ2v) is 7.78. The minimum atomic E-state index is -0.502. The summed E-state index contributed by atoms with van der Waals surface area (Å²) >= 11 is 0. The second-order valence-electron chi connectivity index (χ2n) is 7.78.